The molecule has 0 atom stereocenters. The molecule has 0 rings (SSSR count). The minimum absolute atomic E-state index is 0.0939. The third kappa shape index (κ3) is 5.15. The summed E-state index contributed by atoms with van der Waals surface area (Å²) in [5.41, 5.74) is -0.0939. The van der Waals surface area contributed by atoms with Crippen LogP contribution in [0, 0.1) is 5.41 Å². The van der Waals surface area contributed by atoms with Gasteiger partial charge in [0.15, 0.2) is 0 Å². The molecule has 92 valence electrons. The Labute approximate surface area is 116 Å². The average Bonchev–Trinajstić information content (AvgIpc) is 2.31. The maximum Gasteiger partial charge on any atom is 0.340 e. The van der Waals surface area contributed by atoms with Crippen molar-refractivity contribution in [3.05, 3.63) is 0 Å². The van der Waals surface area contributed by atoms with E-state index < -0.39 is 7.67 Å². The molecule has 0 spiro atoms. The first kappa shape index (κ1) is 16.6. The van der Waals surface area contributed by atoms with Gasteiger partial charge >= 0.3 is 7.67 Å². The monoisotopic (exact) mass is 428 g/mol. The van der Waals surface area contributed by atoms with Gasteiger partial charge in [-0.15, -0.1) is 0 Å². The Bertz CT molecular complexity index is 210. The predicted octanol–water partition coefficient (Wildman–Crippen LogP) is 2.72. The summed E-state index contributed by atoms with van der Waals surface area (Å²) in [4.78, 5) is 0. The lowest BCUT2D eigenvalue weighted by Gasteiger charge is -2.29. The number of nitrogens with one attached hydrogen (secondary N) is 2. The maximum absolute atomic E-state index is 11.9. The van der Waals surface area contributed by atoms with Crippen LogP contribution in [0.1, 0.15) is 0 Å². The van der Waals surface area contributed by atoms with Crippen molar-refractivity contribution in [1.82, 2.24) is 10.2 Å². The van der Waals surface area contributed by atoms with Crippen LogP contribution in [0.3, 0.4) is 0 Å². The zero-order valence-corrected chi connectivity index (χ0v) is 14.4. The second-order valence-corrected chi connectivity index (χ2v) is 7.11. The molecule has 0 bridgehead atoms. The molecule has 0 saturated carbocycles. The fraction of sp³-hybridized carbons (Fsp3) is 1.00. The van der Waals surface area contributed by atoms with E-state index in [1.54, 1.807) is 14.1 Å². The van der Waals surface area contributed by atoms with E-state index in [1.807, 2.05) is 0 Å². The van der Waals surface area contributed by atoms with Crippen LogP contribution in [-0.4, -0.2) is 36.7 Å². The molecule has 4 nitrogen and oxygen atoms in total. The molecule has 0 aromatic heterocycles. The first-order valence-electron chi connectivity index (χ1n) is 4.32. The summed E-state index contributed by atoms with van der Waals surface area (Å²) < 4.78 is 17.3. The van der Waals surface area contributed by atoms with Gasteiger partial charge in [0.25, 0.3) is 0 Å². The molecule has 0 heterocycles. The molecule has 0 aliphatic carbocycles. The highest BCUT2D eigenvalue weighted by Gasteiger charge is 2.31. The van der Waals surface area contributed by atoms with E-state index >= 15 is 0 Å². The summed E-state index contributed by atoms with van der Waals surface area (Å²) in [5, 5.41) is 7.60. The minimum Gasteiger partial charge on any atom is -0.305 e. The second-order valence-electron chi connectivity index (χ2n) is 3.17. The number of hydrogen-bond donors (Lipinski definition) is 2. The molecule has 0 radical (unpaired) electrons. The zero-order chi connectivity index (χ0) is 11.9. The average molecular weight is 431 g/mol. The SMILES string of the molecule is CNP(=O)(NC)OCC(CBr)(CBr)CBr. The van der Waals surface area contributed by atoms with Gasteiger partial charge in [-0.2, -0.15) is 0 Å². The lowest BCUT2D eigenvalue weighted by atomic mass is 9.98. The van der Waals surface area contributed by atoms with E-state index in [0.717, 1.165) is 16.0 Å². The Kier molecular flexibility index (Phi) is 8.60. The summed E-state index contributed by atoms with van der Waals surface area (Å²) >= 11 is 10.3. The summed E-state index contributed by atoms with van der Waals surface area (Å²) in [6.45, 7) is 0.397. The molecule has 0 aromatic carbocycles. The van der Waals surface area contributed by atoms with Crippen LogP contribution in [0.25, 0.3) is 0 Å². The van der Waals surface area contributed by atoms with E-state index in [1.165, 1.54) is 0 Å². The van der Waals surface area contributed by atoms with E-state index in [2.05, 4.69) is 58.0 Å². The van der Waals surface area contributed by atoms with Crippen molar-refractivity contribution in [2.45, 2.75) is 0 Å². The Hall–Kier alpha value is 1.55. The van der Waals surface area contributed by atoms with Gasteiger partial charge in [0, 0.05) is 21.4 Å². The molecule has 0 aliphatic rings. The van der Waals surface area contributed by atoms with E-state index in [9.17, 15) is 4.57 Å². The topological polar surface area (TPSA) is 50.4 Å². The second kappa shape index (κ2) is 7.80. The van der Waals surface area contributed by atoms with E-state index in [-0.39, 0.29) is 5.41 Å². The lowest BCUT2D eigenvalue weighted by molar-refractivity contribution is 0.208. The highest BCUT2D eigenvalue weighted by atomic mass is 79.9. The van der Waals surface area contributed by atoms with Crippen LogP contribution in [0.2, 0.25) is 0 Å². The van der Waals surface area contributed by atoms with Crippen molar-refractivity contribution >= 4 is 55.5 Å². The van der Waals surface area contributed by atoms with Crippen LogP contribution in [0.15, 0.2) is 0 Å². The number of hydrogen-bond acceptors (Lipinski definition) is 2. The van der Waals surface area contributed by atoms with Gasteiger partial charge in [-0.1, -0.05) is 47.8 Å². The lowest BCUT2D eigenvalue weighted by Crippen LogP contribution is -2.34. The smallest absolute Gasteiger partial charge is 0.305 e. The normalized spacial score (nSPS) is 13.1. The van der Waals surface area contributed by atoms with Crippen molar-refractivity contribution in [3.63, 3.8) is 0 Å². The molecule has 15 heavy (non-hydrogen) atoms. The van der Waals surface area contributed by atoms with Gasteiger partial charge in [0.2, 0.25) is 0 Å². The van der Waals surface area contributed by atoms with Gasteiger partial charge < -0.3 is 4.52 Å². The quantitative estimate of drug-likeness (QED) is 0.459. The summed E-state index contributed by atoms with van der Waals surface area (Å²) in [6, 6.07) is 0. The molecule has 0 saturated heterocycles. The highest BCUT2D eigenvalue weighted by Crippen LogP contribution is 2.39. The third-order valence-corrected chi connectivity index (χ3v) is 7.23. The van der Waals surface area contributed by atoms with Crippen molar-refractivity contribution in [3.8, 4) is 0 Å². The van der Waals surface area contributed by atoms with Crippen LogP contribution < -0.4 is 10.2 Å². The number of alkyl halides is 3. The standard InChI is InChI=1S/C7H16Br3N2O2P/c1-11-15(13,12-2)14-6-7(3-8,4-9)5-10/h3-6H2,1-2H3,(H2,11,12,13). The van der Waals surface area contributed by atoms with Gasteiger partial charge in [-0.3, -0.25) is 4.57 Å². The first-order chi connectivity index (χ1) is 7.01. The Morgan fingerprint density at radius 2 is 1.53 bits per heavy atom. The molecular formula is C7H16Br3N2O2P. The maximum atomic E-state index is 11.9. The predicted molar refractivity (Wildman–Crippen MR) is 75.5 cm³/mol. The van der Waals surface area contributed by atoms with Crippen molar-refractivity contribution < 1.29 is 9.09 Å². The largest absolute Gasteiger partial charge is 0.340 e. The van der Waals surface area contributed by atoms with Crippen molar-refractivity contribution in [1.29, 1.82) is 0 Å². The fourth-order valence-electron chi connectivity index (χ4n) is 0.692. The van der Waals surface area contributed by atoms with E-state index in [4.69, 9.17) is 4.52 Å². The Balaban J connectivity index is 4.39. The molecule has 0 unspecified atom stereocenters. The Morgan fingerprint density at radius 3 is 1.80 bits per heavy atom. The molecule has 0 aliphatic heterocycles. The van der Waals surface area contributed by atoms with Gasteiger partial charge in [-0.05, 0) is 14.1 Å². The molecule has 2 N–H and O–H groups in total. The summed E-state index contributed by atoms with van der Waals surface area (Å²) in [6.07, 6.45) is 0. The summed E-state index contributed by atoms with van der Waals surface area (Å²) in [7, 11) is 0.333. The van der Waals surface area contributed by atoms with Gasteiger partial charge in [0.05, 0.1) is 6.61 Å². The van der Waals surface area contributed by atoms with Crippen molar-refractivity contribution in [2.75, 3.05) is 36.7 Å². The zero-order valence-electron chi connectivity index (χ0n) is 8.73. The number of halogens is 3. The number of rotatable bonds is 8. The molecular weight excluding hydrogens is 415 g/mol. The molecule has 8 heteroatoms. The van der Waals surface area contributed by atoms with Gasteiger partial charge in [0.1, 0.15) is 0 Å². The highest BCUT2D eigenvalue weighted by molar-refractivity contribution is 9.10. The van der Waals surface area contributed by atoms with Gasteiger partial charge in [-0.25, -0.2) is 10.2 Å². The van der Waals surface area contributed by atoms with Crippen LogP contribution in [0.5, 0.6) is 0 Å². The molecule has 0 aromatic rings. The fourth-order valence-corrected chi connectivity index (χ4v) is 4.90. The van der Waals surface area contributed by atoms with E-state index in [0.29, 0.717) is 6.61 Å². The first-order valence-corrected chi connectivity index (χ1v) is 9.31. The van der Waals surface area contributed by atoms with Crippen LogP contribution in [0.4, 0.5) is 0 Å². The minimum atomic E-state index is -2.88. The Morgan fingerprint density at radius 1 is 1.13 bits per heavy atom. The van der Waals surface area contributed by atoms with Crippen LogP contribution >= 0.6 is 55.5 Å². The molecule has 0 amide bonds. The van der Waals surface area contributed by atoms with Crippen molar-refractivity contribution in [2.24, 2.45) is 5.41 Å². The summed E-state index contributed by atoms with van der Waals surface area (Å²) in [5.74, 6) is 0. The third-order valence-electron chi connectivity index (χ3n) is 1.99. The van der Waals surface area contributed by atoms with Crippen LogP contribution in [-0.2, 0) is 9.09 Å². The molecule has 0 fully saturated rings.